The molecule has 0 aromatic heterocycles. The molecule has 1 amide bonds. The van der Waals surface area contributed by atoms with Gasteiger partial charge in [-0.1, -0.05) is 0 Å². The molecule has 28 heavy (non-hydrogen) atoms. The van der Waals surface area contributed by atoms with Crippen LogP contribution in [0.3, 0.4) is 0 Å². The van der Waals surface area contributed by atoms with Crippen molar-refractivity contribution >= 4 is 11.9 Å². The number of hydrogen-bond acceptors (Lipinski definition) is 6. The number of rotatable bonds is 6. The molecule has 0 N–H and O–H groups in total. The van der Waals surface area contributed by atoms with Crippen LogP contribution in [0.2, 0.25) is 0 Å². The number of methoxy groups -OCH3 is 2. The number of carbonyl (C=O) groups excluding carboxylic acids is 2. The standard InChI is InChI=1S/C21H30N2O5/c1-4-28-21(25)16-6-5-8-22(12-16)14-20(24)23-9-7-15-10-18(26-2)19(27-3)11-17(15)13-23/h10-11,16H,4-9,12-14H2,1-3H3/t16-/m0/s1. The van der Waals surface area contributed by atoms with Gasteiger partial charge in [0.2, 0.25) is 5.91 Å². The molecule has 3 rings (SSSR count). The first-order valence-corrected chi connectivity index (χ1v) is 9.96. The van der Waals surface area contributed by atoms with Gasteiger partial charge in [0.1, 0.15) is 0 Å². The quantitative estimate of drug-likeness (QED) is 0.691. The Bertz CT molecular complexity index is 721. The average molecular weight is 390 g/mol. The van der Waals surface area contributed by atoms with Crippen LogP contribution in [-0.2, 0) is 27.3 Å². The summed E-state index contributed by atoms with van der Waals surface area (Å²) in [6.07, 6.45) is 2.55. The van der Waals surface area contributed by atoms with E-state index >= 15 is 0 Å². The summed E-state index contributed by atoms with van der Waals surface area (Å²) in [7, 11) is 3.25. The fourth-order valence-corrected chi connectivity index (χ4v) is 4.04. The van der Waals surface area contributed by atoms with Crippen LogP contribution >= 0.6 is 0 Å². The lowest BCUT2D eigenvalue weighted by Crippen LogP contribution is -2.46. The number of benzene rings is 1. The van der Waals surface area contributed by atoms with Gasteiger partial charge in [0.25, 0.3) is 0 Å². The number of fused-ring (bicyclic) bond motifs is 1. The Hall–Kier alpha value is -2.28. The summed E-state index contributed by atoms with van der Waals surface area (Å²) in [4.78, 5) is 28.9. The van der Waals surface area contributed by atoms with Crippen molar-refractivity contribution in [1.82, 2.24) is 9.80 Å². The van der Waals surface area contributed by atoms with Crippen LogP contribution in [0, 0.1) is 5.92 Å². The zero-order chi connectivity index (χ0) is 20.1. The first-order valence-electron chi connectivity index (χ1n) is 9.96. The molecule has 0 spiro atoms. The summed E-state index contributed by atoms with van der Waals surface area (Å²) in [6.45, 7) is 5.27. The molecule has 1 aromatic rings. The molecule has 1 aromatic carbocycles. The molecule has 0 saturated carbocycles. The lowest BCUT2D eigenvalue weighted by molar-refractivity contribution is -0.150. The summed E-state index contributed by atoms with van der Waals surface area (Å²) >= 11 is 0. The number of esters is 1. The van der Waals surface area contributed by atoms with Gasteiger partial charge in [0.15, 0.2) is 11.5 Å². The van der Waals surface area contributed by atoms with Crippen LogP contribution in [0.4, 0.5) is 0 Å². The van der Waals surface area contributed by atoms with Gasteiger partial charge in [-0.15, -0.1) is 0 Å². The van der Waals surface area contributed by atoms with Crippen molar-refractivity contribution in [3.05, 3.63) is 23.3 Å². The minimum atomic E-state index is -0.146. The maximum absolute atomic E-state index is 12.9. The van der Waals surface area contributed by atoms with Gasteiger partial charge in [0, 0.05) is 19.6 Å². The maximum Gasteiger partial charge on any atom is 0.310 e. The van der Waals surface area contributed by atoms with E-state index in [0.29, 0.717) is 38.5 Å². The number of piperidine rings is 1. The Kier molecular flexibility index (Phi) is 6.78. The maximum atomic E-state index is 12.9. The van der Waals surface area contributed by atoms with E-state index in [2.05, 4.69) is 4.90 Å². The molecule has 0 radical (unpaired) electrons. The highest BCUT2D eigenvalue weighted by molar-refractivity contribution is 5.79. The first kappa shape index (κ1) is 20.5. The van der Waals surface area contributed by atoms with Gasteiger partial charge in [-0.25, -0.2) is 0 Å². The van der Waals surface area contributed by atoms with Gasteiger partial charge in [-0.3, -0.25) is 14.5 Å². The summed E-state index contributed by atoms with van der Waals surface area (Å²) in [6, 6.07) is 3.97. The predicted molar refractivity (Wildman–Crippen MR) is 104 cm³/mol. The van der Waals surface area contributed by atoms with E-state index in [1.54, 1.807) is 14.2 Å². The lowest BCUT2D eigenvalue weighted by atomic mass is 9.97. The Balaban J connectivity index is 1.61. The van der Waals surface area contributed by atoms with Gasteiger partial charge in [-0.05, 0) is 56.0 Å². The SMILES string of the molecule is CCOC(=O)[C@H]1CCCN(CC(=O)N2CCc3cc(OC)c(OC)cc3C2)C1. The Labute approximate surface area is 166 Å². The molecule has 0 bridgehead atoms. The normalized spacial score (nSPS) is 19.7. The minimum Gasteiger partial charge on any atom is -0.493 e. The zero-order valence-electron chi connectivity index (χ0n) is 17.0. The molecule has 154 valence electrons. The molecule has 2 heterocycles. The van der Waals surface area contributed by atoms with Gasteiger partial charge >= 0.3 is 5.97 Å². The molecule has 1 atom stereocenters. The largest absolute Gasteiger partial charge is 0.493 e. The number of ether oxygens (including phenoxy) is 3. The van der Waals surface area contributed by atoms with Crippen LogP contribution in [0.5, 0.6) is 11.5 Å². The number of likely N-dealkylation sites (tertiary alicyclic amines) is 1. The fourth-order valence-electron chi connectivity index (χ4n) is 4.04. The van der Waals surface area contributed by atoms with E-state index in [1.165, 1.54) is 5.56 Å². The van der Waals surface area contributed by atoms with Crippen LogP contribution in [0.15, 0.2) is 12.1 Å². The highest BCUT2D eigenvalue weighted by Gasteiger charge is 2.30. The van der Waals surface area contributed by atoms with Crippen molar-refractivity contribution < 1.29 is 23.8 Å². The van der Waals surface area contributed by atoms with Crippen LogP contribution in [0.1, 0.15) is 30.9 Å². The van der Waals surface area contributed by atoms with E-state index < -0.39 is 0 Å². The molecule has 7 nitrogen and oxygen atoms in total. The highest BCUT2D eigenvalue weighted by atomic mass is 16.5. The van der Waals surface area contributed by atoms with Crippen LogP contribution < -0.4 is 9.47 Å². The van der Waals surface area contributed by atoms with Crippen molar-refractivity contribution in [1.29, 1.82) is 0 Å². The van der Waals surface area contributed by atoms with Crippen molar-refractivity contribution in [2.45, 2.75) is 32.7 Å². The minimum absolute atomic E-state index is 0.102. The average Bonchev–Trinajstić information content (AvgIpc) is 2.72. The summed E-state index contributed by atoms with van der Waals surface area (Å²) in [5, 5.41) is 0. The Morgan fingerprint density at radius 3 is 2.50 bits per heavy atom. The fraction of sp³-hybridized carbons (Fsp3) is 0.619. The van der Waals surface area contributed by atoms with Crippen LogP contribution in [0.25, 0.3) is 0 Å². The highest BCUT2D eigenvalue weighted by Crippen LogP contribution is 2.33. The van der Waals surface area contributed by atoms with E-state index in [9.17, 15) is 9.59 Å². The molecule has 0 unspecified atom stereocenters. The van der Waals surface area contributed by atoms with E-state index in [1.807, 2.05) is 24.0 Å². The molecule has 0 aliphatic carbocycles. The van der Waals surface area contributed by atoms with Crippen molar-refractivity contribution in [2.75, 3.05) is 47.0 Å². The summed E-state index contributed by atoms with van der Waals surface area (Å²) in [5.41, 5.74) is 2.29. The number of hydrogen-bond donors (Lipinski definition) is 0. The monoisotopic (exact) mass is 390 g/mol. The summed E-state index contributed by atoms with van der Waals surface area (Å²) < 4.78 is 15.9. The third-order valence-electron chi connectivity index (χ3n) is 5.56. The van der Waals surface area contributed by atoms with E-state index in [4.69, 9.17) is 14.2 Å². The second-order valence-corrected chi connectivity index (χ2v) is 7.37. The van der Waals surface area contributed by atoms with E-state index in [0.717, 1.165) is 37.1 Å². The van der Waals surface area contributed by atoms with Crippen LogP contribution in [-0.4, -0.2) is 68.7 Å². The number of carbonyl (C=O) groups is 2. The molecule has 2 aliphatic rings. The summed E-state index contributed by atoms with van der Waals surface area (Å²) in [5.74, 6) is 1.24. The Morgan fingerprint density at radius 1 is 1.11 bits per heavy atom. The first-order chi connectivity index (χ1) is 13.5. The van der Waals surface area contributed by atoms with Crippen molar-refractivity contribution in [3.63, 3.8) is 0 Å². The topological polar surface area (TPSA) is 68.3 Å². The predicted octanol–water partition coefficient (Wildman–Crippen LogP) is 1.86. The second-order valence-electron chi connectivity index (χ2n) is 7.37. The van der Waals surface area contributed by atoms with Crippen molar-refractivity contribution in [3.8, 4) is 11.5 Å². The lowest BCUT2D eigenvalue weighted by Gasteiger charge is -2.34. The third kappa shape index (κ3) is 4.58. The van der Waals surface area contributed by atoms with E-state index in [-0.39, 0.29) is 17.8 Å². The molecule has 7 heteroatoms. The van der Waals surface area contributed by atoms with Gasteiger partial charge in [0.05, 0.1) is 33.3 Å². The molecule has 1 saturated heterocycles. The number of nitrogens with zero attached hydrogens (tertiary/aromatic N) is 2. The number of amides is 1. The smallest absolute Gasteiger partial charge is 0.310 e. The zero-order valence-corrected chi connectivity index (χ0v) is 17.0. The molecular weight excluding hydrogens is 360 g/mol. The second kappa shape index (κ2) is 9.28. The third-order valence-corrected chi connectivity index (χ3v) is 5.56. The van der Waals surface area contributed by atoms with Gasteiger partial charge in [-0.2, -0.15) is 0 Å². The van der Waals surface area contributed by atoms with Gasteiger partial charge < -0.3 is 19.1 Å². The molecular formula is C21H30N2O5. The Morgan fingerprint density at radius 2 is 1.82 bits per heavy atom. The molecule has 1 fully saturated rings. The molecule has 2 aliphatic heterocycles. The van der Waals surface area contributed by atoms with Crippen molar-refractivity contribution in [2.24, 2.45) is 5.92 Å².